The Morgan fingerprint density at radius 1 is 0.960 bits per heavy atom. The number of primary amides is 1. The lowest BCUT2D eigenvalue weighted by molar-refractivity contribution is -0.119. The second kappa shape index (κ2) is 7.49. The standard InChI is InChI=1S/C20H17BrN2O2/c21-15-10-8-13(9-11-15)12-18(19(22)24)23-20(25)17-7-3-5-14-4-1-2-6-16(14)17/h1-11,18H,12H2,(H2,22,24)(H,23,25)/t18-/m1/s1. The molecule has 25 heavy (non-hydrogen) atoms. The highest BCUT2D eigenvalue weighted by atomic mass is 79.9. The lowest BCUT2D eigenvalue weighted by Gasteiger charge is -2.16. The number of rotatable bonds is 5. The molecule has 2 amide bonds. The Kier molecular flexibility index (Phi) is 5.14. The largest absolute Gasteiger partial charge is 0.368 e. The van der Waals surface area contributed by atoms with Crippen molar-refractivity contribution in [3.05, 3.63) is 82.3 Å². The summed E-state index contributed by atoms with van der Waals surface area (Å²) in [5, 5.41) is 4.58. The number of hydrogen-bond donors (Lipinski definition) is 2. The summed E-state index contributed by atoms with van der Waals surface area (Å²) in [4.78, 5) is 24.5. The van der Waals surface area contributed by atoms with Crippen molar-refractivity contribution in [3.63, 3.8) is 0 Å². The molecule has 0 spiro atoms. The Morgan fingerprint density at radius 2 is 1.64 bits per heavy atom. The first-order valence-electron chi connectivity index (χ1n) is 7.87. The number of benzene rings is 3. The molecule has 0 bridgehead atoms. The predicted molar refractivity (Wildman–Crippen MR) is 102 cm³/mol. The number of halogens is 1. The van der Waals surface area contributed by atoms with Gasteiger partial charge in [0.15, 0.2) is 0 Å². The molecule has 3 aromatic rings. The summed E-state index contributed by atoms with van der Waals surface area (Å²) in [6, 6.07) is 19.9. The number of carbonyl (C=O) groups excluding carboxylic acids is 2. The number of amides is 2. The number of hydrogen-bond acceptors (Lipinski definition) is 2. The Morgan fingerprint density at radius 3 is 2.36 bits per heavy atom. The first-order valence-corrected chi connectivity index (χ1v) is 8.66. The summed E-state index contributed by atoms with van der Waals surface area (Å²) >= 11 is 3.37. The Labute approximate surface area is 154 Å². The third kappa shape index (κ3) is 4.06. The van der Waals surface area contributed by atoms with Crippen molar-refractivity contribution in [1.82, 2.24) is 5.32 Å². The third-order valence-corrected chi connectivity index (χ3v) is 4.56. The molecule has 5 heteroatoms. The molecule has 3 N–H and O–H groups in total. The van der Waals surface area contributed by atoms with E-state index >= 15 is 0 Å². The molecule has 0 heterocycles. The van der Waals surface area contributed by atoms with Crippen LogP contribution >= 0.6 is 15.9 Å². The molecule has 3 rings (SSSR count). The van der Waals surface area contributed by atoms with Crippen molar-refractivity contribution in [2.24, 2.45) is 5.73 Å². The lowest BCUT2D eigenvalue weighted by Crippen LogP contribution is -2.45. The summed E-state index contributed by atoms with van der Waals surface area (Å²) < 4.78 is 0.951. The van der Waals surface area contributed by atoms with Gasteiger partial charge in [0.2, 0.25) is 5.91 Å². The van der Waals surface area contributed by atoms with Crippen LogP contribution in [-0.2, 0) is 11.2 Å². The minimum atomic E-state index is -0.771. The van der Waals surface area contributed by atoms with Crippen LogP contribution in [0, 0.1) is 0 Å². The minimum absolute atomic E-state index is 0.308. The highest BCUT2D eigenvalue weighted by Crippen LogP contribution is 2.19. The molecule has 0 unspecified atom stereocenters. The van der Waals surface area contributed by atoms with Crippen LogP contribution in [0.3, 0.4) is 0 Å². The van der Waals surface area contributed by atoms with Crippen molar-refractivity contribution in [2.45, 2.75) is 12.5 Å². The second-order valence-corrected chi connectivity index (χ2v) is 6.70. The van der Waals surface area contributed by atoms with E-state index in [9.17, 15) is 9.59 Å². The molecule has 0 saturated heterocycles. The van der Waals surface area contributed by atoms with Crippen LogP contribution in [0.5, 0.6) is 0 Å². The average molecular weight is 397 g/mol. The van der Waals surface area contributed by atoms with Gasteiger partial charge in [-0.05, 0) is 34.5 Å². The highest BCUT2D eigenvalue weighted by Gasteiger charge is 2.20. The average Bonchev–Trinajstić information content (AvgIpc) is 2.62. The van der Waals surface area contributed by atoms with E-state index in [0.29, 0.717) is 12.0 Å². The smallest absolute Gasteiger partial charge is 0.252 e. The van der Waals surface area contributed by atoms with Gasteiger partial charge in [0, 0.05) is 16.5 Å². The van der Waals surface area contributed by atoms with E-state index in [1.165, 1.54) is 0 Å². The van der Waals surface area contributed by atoms with Crippen LogP contribution < -0.4 is 11.1 Å². The van der Waals surface area contributed by atoms with Gasteiger partial charge in [0.1, 0.15) is 6.04 Å². The van der Waals surface area contributed by atoms with Gasteiger partial charge in [0.25, 0.3) is 5.91 Å². The molecule has 0 radical (unpaired) electrons. The summed E-state index contributed by atoms with van der Waals surface area (Å²) in [6.45, 7) is 0. The van der Waals surface area contributed by atoms with Gasteiger partial charge in [-0.15, -0.1) is 0 Å². The van der Waals surface area contributed by atoms with Crippen LogP contribution in [0.4, 0.5) is 0 Å². The molecule has 0 aromatic heterocycles. The Balaban J connectivity index is 1.83. The number of nitrogens with two attached hydrogens (primary N) is 1. The molecule has 126 valence electrons. The minimum Gasteiger partial charge on any atom is -0.368 e. The number of nitrogens with one attached hydrogen (secondary N) is 1. The van der Waals surface area contributed by atoms with Gasteiger partial charge in [-0.2, -0.15) is 0 Å². The van der Waals surface area contributed by atoms with Crippen LogP contribution in [-0.4, -0.2) is 17.9 Å². The molecule has 4 nitrogen and oxygen atoms in total. The highest BCUT2D eigenvalue weighted by molar-refractivity contribution is 9.10. The molecule has 0 aliphatic carbocycles. The van der Waals surface area contributed by atoms with Crippen LogP contribution in [0.2, 0.25) is 0 Å². The van der Waals surface area contributed by atoms with Gasteiger partial charge in [-0.1, -0.05) is 64.5 Å². The quantitative estimate of drug-likeness (QED) is 0.693. The Bertz CT molecular complexity index is 917. The van der Waals surface area contributed by atoms with Crippen LogP contribution in [0.15, 0.2) is 71.2 Å². The maximum Gasteiger partial charge on any atom is 0.252 e. The van der Waals surface area contributed by atoms with E-state index in [1.54, 1.807) is 6.07 Å². The van der Waals surface area contributed by atoms with E-state index in [1.807, 2.05) is 60.7 Å². The van der Waals surface area contributed by atoms with Gasteiger partial charge < -0.3 is 11.1 Å². The van der Waals surface area contributed by atoms with Crippen molar-refractivity contribution >= 4 is 38.5 Å². The Hall–Kier alpha value is -2.66. The second-order valence-electron chi connectivity index (χ2n) is 5.79. The van der Waals surface area contributed by atoms with E-state index in [2.05, 4.69) is 21.2 Å². The molecular weight excluding hydrogens is 380 g/mol. The fraction of sp³-hybridized carbons (Fsp3) is 0.100. The van der Waals surface area contributed by atoms with Crippen LogP contribution in [0.1, 0.15) is 15.9 Å². The first kappa shape index (κ1) is 17.2. The zero-order valence-corrected chi connectivity index (χ0v) is 15.0. The molecule has 3 aromatic carbocycles. The first-order chi connectivity index (χ1) is 12.0. The monoisotopic (exact) mass is 396 g/mol. The van der Waals surface area contributed by atoms with Crippen molar-refractivity contribution in [1.29, 1.82) is 0 Å². The topological polar surface area (TPSA) is 72.2 Å². The maximum atomic E-state index is 12.7. The SMILES string of the molecule is NC(=O)[C@@H](Cc1ccc(Br)cc1)NC(=O)c1cccc2ccccc12. The molecule has 0 aliphatic rings. The predicted octanol–water partition coefficient (Wildman–Crippen LogP) is 3.43. The van der Waals surface area contributed by atoms with E-state index < -0.39 is 11.9 Å². The van der Waals surface area contributed by atoms with E-state index in [0.717, 1.165) is 20.8 Å². The van der Waals surface area contributed by atoms with E-state index in [-0.39, 0.29) is 5.91 Å². The fourth-order valence-electron chi connectivity index (χ4n) is 2.74. The van der Waals surface area contributed by atoms with Gasteiger partial charge in [0.05, 0.1) is 0 Å². The van der Waals surface area contributed by atoms with Gasteiger partial charge in [-0.25, -0.2) is 0 Å². The fourth-order valence-corrected chi connectivity index (χ4v) is 3.00. The number of carbonyl (C=O) groups is 2. The summed E-state index contributed by atoms with van der Waals surface area (Å²) in [7, 11) is 0. The van der Waals surface area contributed by atoms with Crippen molar-refractivity contribution < 1.29 is 9.59 Å². The zero-order chi connectivity index (χ0) is 17.8. The summed E-state index contributed by atoms with van der Waals surface area (Å²) in [5.74, 6) is -0.866. The zero-order valence-electron chi connectivity index (χ0n) is 13.4. The third-order valence-electron chi connectivity index (χ3n) is 4.04. The molecular formula is C20H17BrN2O2. The molecule has 0 aliphatic heterocycles. The van der Waals surface area contributed by atoms with E-state index in [4.69, 9.17) is 5.73 Å². The maximum absolute atomic E-state index is 12.7. The summed E-state index contributed by atoms with van der Waals surface area (Å²) in [5.41, 5.74) is 6.94. The van der Waals surface area contributed by atoms with Gasteiger partial charge >= 0.3 is 0 Å². The van der Waals surface area contributed by atoms with Crippen LogP contribution in [0.25, 0.3) is 10.8 Å². The molecule has 0 saturated carbocycles. The van der Waals surface area contributed by atoms with Gasteiger partial charge in [-0.3, -0.25) is 9.59 Å². The number of fused-ring (bicyclic) bond motifs is 1. The normalized spacial score (nSPS) is 11.9. The molecule has 0 fully saturated rings. The summed E-state index contributed by atoms with van der Waals surface area (Å²) in [6.07, 6.45) is 0.346. The van der Waals surface area contributed by atoms with Crippen molar-refractivity contribution in [3.8, 4) is 0 Å². The molecule has 1 atom stereocenters. The van der Waals surface area contributed by atoms with Crippen molar-refractivity contribution in [2.75, 3.05) is 0 Å². The lowest BCUT2D eigenvalue weighted by atomic mass is 10.0.